The number of rotatable bonds is 6. The van der Waals surface area contributed by atoms with Crippen LogP contribution in [0.5, 0.6) is 0 Å². The number of allylic oxidation sites excluding steroid dienone is 1. The summed E-state index contributed by atoms with van der Waals surface area (Å²) in [5.74, 6) is -0.177. The molecule has 0 unspecified atom stereocenters. The average molecular weight is 381 g/mol. The first kappa shape index (κ1) is 18.8. The SMILES string of the molecule is CCc1ccc(NC(=O)CSC2=C(C#N)[C@H](c3ccco3)CC(=O)N2)cc1. The minimum atomic E-state index is -0.425. The number of carbonyl (C=O) groups excluding carboxylic acids is 2. The zero-order chi connectivity index (χ0) is 19.2. The number of hydrogen-bond acceptors (Lipinski definition) is 5. The molecule has 1 aliphatic heterocycles. The molecule has 138 valence electrons. The summed E-state index contributed by atoms with van der Waals surface area (Å²) in [6.45, 7) is 2.07. The molecule has 2 heterocycles. The number of nitrogens with zero attached hydrogens (tertiary/aromatic N) is 1. The molecule has 3 rings (SSSR count). The lowest BCUT2D eigenvalue weighted by atomic mass is 9.92. The first-order valence-corrected chi connectivity index (χ1v) is 9.58. The first-order chi connectivity index (χ1) is 13.1. The molecule has 6 nitrogen and oxygen atoms in total. The third-order valence-corrected chi connectivity index (χ3v) is 5.25. The Morgan fingerprint density at radius 3 is 2.78 bits per heavy atom. The summed E-state index contributed by atoms with van der Waals surface area (Å²) in [5, 5.41) is 15.5. The quantitative estimate of drug-likeness (QED) is 0.798. The maximum Gasteiger partial charge on any atom is 0.234 e. The lowest BCUT2D eigenvalue weighted by molar-refractivity contribution is -0.121. The second-order valence-corrected chi connectivity index (χ2v) is 7.05. The van der Waals surface area contributed by atoms with Crippen molar-refractivity contribution in [3.8, 4) is 6.07 Å². The molecule has 27 heavy (non-hydrogen) atoms. The minimum absolute atomic E-state index is 0.0845. The van der Waals surface area contributed by atoms with Crippen molar-refractivity contribution in [3.05, 3.63) is 64.6 Å². The molecule has 0 saturated heterocycles. The maximum absolute atomic E-state index is 12.2. The van der Waals surface area contributed by atoms with Crippen molar-refractivity contribution in [2.45, 2.75) is 25.7 Å². The number of thioether (sulfide) groups is 1. The van der Waals surface area contributed by atoms with E-state index in [0.29, 0.717) is 22.0 Å². The number of benzene rings is 1. The third kappa shape index (κ3) is 4.60. The van der Waals surface area contributed by atoms with Crippen LogP contribution in [0.25, 0.3) is 0 Å². The van der Waals surface area contributed by atoms with Gasteiger partial charge in [-0.15, -0.1) is 0 Å². The molecule has 2 aromatic rings. The van der Waals surface area contributed by atoms with Crippen LogP contribution in [0.4, 0.5) is 5.69 Å². The minimum Gasteiger partial charge on any atom is -0.469 e. The summed E-state index contributed by atoms with van der Waals surface area (Å²) in [4.78, 5) is 24.3. The normalized spacial score (nSPS) is 16.6. The molecule has 1 aromatic heterocycles. The lowest BCUT2D eigenvalue weighted by Gasteiger charge is -2.23. The van der Waals surface area contributed by atoms with Crippen molar-refractivity contribution in [2.75, 3.05) is 11.1 Å². The standard InChI is InChI=1S/C20H19N3O3S/c1-2-13-5-7-14(8-6-13)22-19(25)12-27-20-16(11-21)15(10-18(24)23-20)17-4-3-9-26-17/h3-9,15H,2,10,12H2,1H3,(H,22,25)(H,23,24)/t15-/m1/s1. The van der Waals surface area contributed by atoms with Gasteiger partial charge in [0, 0.05) is 12.1 Å². The molecule has 2 amide bonds. The molecule has 1 aromatic carbocycles. The van der Waals surface area contributed by atoms with Gasteiger partial charge in [-0.1, -0.05) is 30.8 Å². The molecular formula is C20H19N3O3S. The highest BCUT2D eigenvalue weighted by atomic mass is 32.2. The van der Waals surface area contributed by atoms with Gasteiger partial charge in [-0.2, -0.15) is 5.26 Å². The van der Waals surface area contributed by atoms with Crippen LogP contribution in [-0.4, -0.2) is 17.6 Å². The second-order valence-electron chi connectivity index (χ2n) is 6.06. The number of nitriles is 1. The van der Waals surface area contributed by atoms with E-state index in [-0.39, 0.29) is 24.0 Å². The molecular weight excluding hydrogens is 362 g/mol. The number of anilines is 1. The van der Waals surface area contributed by atoms with Crippen molar-refractivity contribution < 1.29 is 14.0 Å². The second kappa shape index (κ2) is 8.60. The zero-order valence-corrected chi connectivity index (χ0v) is 15.6. The smallest absolute Gasteiger partial charge is 0.234 e. The fourth-order valence-corrected chi connectivity index (χ4v) is 3.70. The summed E-state index contributed by atoms with van der Waals surface area (Å²) >= 11 is 1.14. The van der Waals surface area contributed by atoms with E-state index in [2.05, 4.69) is 23.6 Å². The summed E-state index contributed by atoms with van der Waals surface area (Å²) in [6.07, 6.45) is 2.60. The lowest BCUT2D eigenvalue weighted by Crippen LogP contribution is -2.31. The van der Waals surface area contributed by atoms with Gasteiger partial charge < -0.3 is 15.1 Å². The molecule has 1 aliphatic rings. The van der Waals surface area contributed by atoms with Crippen LogP contribution in [0.2, 0.25) is 0 Å². The van der Waals surface area contributed by atoms with Gasteiger partial charge in [-0.3, -0.25) is 9.59 Å². The van der Waals surface area contributed by atoms with E-state index < -0.39 is 5.92 Å². The monoisotopic (exact) mass is 381 g/mol. The molecule has 0 saturated carbocycles. The number of amides is 2. The summed E-state index contributed by atoms with van der Waals surface area (Å²) < 4.78 is 5.37. The third-order valence-electron chi connectivity index (χ3n) is 4.24. The summed E-state index contributed by atoms with van der Waals surface area (Å²) in [7, 11) is 0. The largest absolute Gasteiger partial charge is 0.469 e. The van der Waals surface area contributed by atoms with Gasteiger partial charge in [0.1, 0.15) is 5.76 Å². The van der Waals surface area contributed by atoms with Crippen molar-refractivity contribution in [3.63, 3.8) is 0 Å². The number of aryl methyl sites for hydroxylation is 1. The van der Waals surface area contributed by atoms with Gasteiger partial charge in [0.05, 0.1) is 34.6 Å². The Hall–Kier alpha value is -2.98. The van der Waals surface area contributed by atoms with Gasteiger partial charge in [0.25, 0.3) is 0 Å². The van der Waals surface area contributed by atoms with Gasteiger partial charge >= 0.3 is 0 Å². The number of carbonyl (C=O) groups is 2. The van der Waals surface area contributed by atoms with Crippen LogP contribution in [0, 0.1) is 11.3 Å². The fraction of sp³-hybridized carbons (Fsp3) is 0.250. The molecule has 7 heteroatoms. The molecule has 0 bridgehead atoms. The van der Waals surface area contributed by atoms with E-state index in [1.54, 1.807) is 12.1 Å². The number of hydrogen-bond donors (Lipinski definition) is 2. The molecule has 0 aliphatic carbocycles. The predicted octanol–water partition coefficient (Wildman–Crippen LogP) is 3.55. The number of furan rings is 1. The van der Waals surface area contributed by atoms with Gasteiger partial charge in [0.15, 0.2) is 0 Å². The van der Waals surface area contributed by atoms with Crippen molar-refractivity contribution in [2.24, 2.45) is 0 Å². The van der Waals surface area contributed by atoms with Crippen LogP contribution in [0.15, 0.2) is 57.7 Å². The Morgan fingerprint density at radius 2 is 2.15 bits per heavy atom. The van der Waals surface area contributed by atoms with E-state index >= 15 is 0 Å². The molecule has 0 fully saturated rings. The van der Waals surface area contributed by atoms with Crippen molar-refractivity contribution >= 4 is 29.3 Å². The van der Waals surface area contributed by atoms with Crippen LogP contribution >= 0.6 is 11.8 Å². The highest BCUT2D eigenvalue weighted by Gasteiger charge is 2.31. The Morgan fingerprint density at radius 1 is 1.37 bits per heavy atom. The van der Waals surface area contributed by atoms with E-state index in [1.807, 2.05) is 24.3 Å². The van der Waals surface area contributed by atoms with Crippen LogP contribution in [-0.2, 0) is 16.0 Å². The Balaban J connectivity index is 1.68. The van der Waals surface area contributed by atoms with E-state index in [1.165, 1.54) is 11.8 Å². The van der Waals surface area contributed by atoms with Gasteiger partial charge in [-0.25, -0.2) is 0 Å². The zero-order valence-electron chi connectivity index (χ0n) is 14.8. The average Bonchev–Trinajstić information content (AvgIpc) is 3.21. The Bertz CT molecular complexity index is 896. The van der Waals surface area contributed by atoms with E-state index in [4.69, 9.17) is 4.42 Å². The molecule has 1 atom stereocenters. The van der Waals surface area contributed by atoms with Gasteiger partial charge in [0.2, 0.25) is 11.8 Å². The first-order valence-electron chi connectivity index (χ1n) is 8.59. The molecule has 2 N–H and O–H groups in total. The van der Waals surface area contributed by atoms with E-state index in [0.717, 1.165) is 18.2 Å². The highest BCUT2D eigenvalue weighted by molar-refractivity contribution is 8.03. The predicted molar refractivity (Wildman–Crippen MR) is 104 cm³/mol. The van der Waals surface area contributed by atoms with Gasteiger partial charge in [-0.05, 0) is 36.2 Å². The fourth-order valence-electron chi connectivity index (χ4n) is 2.82. The van der Waals surface area contributed by atoms with Crippen LogP contribution in [0.1, 0.15) is 30.6 Å². The number of nitrogens with one attached hydrogen (secondary N) is 2. The van der Waals surface area contributed by atoms with Crippen molar-refractivity contribution in [1.82, 2.24) is 5.32 Å². The topological polar surface area (TPSA) is 95.1 Å². The Labute approximate surface area is 161 Å². The van der Waals surface area contributed by atoms with Crippen LogP contribution < -0.4 is 10.6 Å². The van der Waals surface area contributed by atoms with Crippen molar-refractivity contribution in [1.29, 1.82) is 5.26 Å². The Kier molecular flexibility index (Phi) is 5.99. The molecule has 0 spiro atoms. The van der Waals surface area contributed by atoms with Crippen LogP contribution in [0.3, 0.4) is 0 Å². The molecule has 0 radical (unpaired) electrons. The summed E-state index contributed by atoms with van der Waals surface area (Å²) in [6, 6.07) is 13.3. The van der Waals surface area contributed by atoms with E-state index in [9.17, 15) is 14.9 Å². The summed E-state index contributed by atoms with van der Waals surface area (Å²) in [5.41, 5.74) is 2.32. The highest BCUT2D eigenvalue weighted by Crippen LogP contribution is 2.36. The maximum atomic E-state index is 12.2.